The van der Waals surface area contributed by atoms with Crippen molar-refractivity contribution in [3.05, 3.63) is 74.9 Å². The second-order valence-corrected chi connectivity index (χ2v) is 6.86. The largest absolute Gasteiger partial charge is 0.513 e. The van der Waals surface area contributed by atoms with Gasteiger partial charge in [0, 0.05) is 11.1 Å². The summed E-state index contributed by atoms with van der Waals surface area (Å²) in [5.41, 5.74) is 3.88. The van der Waals surface area contributed by atoms with Gasteiger partial charge in [0.2, 0.25) is 0 Å². The number of halogens is 1. The normalized spacial score (nSPS) is 10.7. The summed E-state index contributed by atoms with van der Waals surface area (Å²) >= 11 is 0. The molecule has 1 heterocycles. The van der Waals surface area contributed by atoms with Gasteiger partial charge < -0.3 is 13.9 Å². The molecular formula is C23H21FO5. The summed E-state index contributed by atoms with van der Waals surface area (Å²) in [5, 5.41) is 0. The van der Waals surface area contributed by atoms with Crippen molar-refractivity contribution in [1.82, 2.24) is 0 Å². The number of hydrogen-bond donors (Lipinski definition) is 0. The molecule has 0 fully saturated rings. The molecule has 5 nitrogen and oxygen atoms in total. The van der Waals surface area contributed by atoms with E-state index >= 15 is 0 Å². The van der Waals surface area contributed by atoms with E-state index in [1.54, 1.807) is 6.92 Å². The summed E-state index contributed by atoms with van der Waals surface area (Å²) < 4.78 is 28.9. The van der Waals surface area contributed by atoms with E-state index in [1.807, 2.05) is 32.9 Å². The zero-order chi connectivity index (χ0) is 21.3. The fraction of sp³-hybridized carbons (Fsp3) is 0.217. The third kappa shape index (κ3) is 3.92. The van der Waals surface area contributed by atoms with Gasteiger partial charge in [-0.25, -0.2) is 14.0 Å². The lowest BCUT2D eigenvalue weighted by Gasteiger charge is -2.16. The van der Waals surface area contributed by atoms with Crippen LogP contribution in [0.15, 0.2) is 45.6 Å². The van der Waals surface area contributed by atoms with Crippen molar-refractivity contribution in [2.24, 2.45) is 0 Å². The maximum Gasteiger partial charge on any atom is 0.513 e. The van der Waals surface area contributed by atoms with Crippen LogP contribution in [0, 0.1) is 33.5 Å². The Labute approximate surface area is 167 Å². The monoisotopic (exact) mass is 396 g/mol. The first kappa shape index (κ1) is 20.3. The Bertz CT molecular complexity index is 1140. The average molecular weight is 396 g/mol. The van der Waals surface area contributed by atoms with Crippen LogP contribution in [0.4, 0.5) is 9.18 Å². The smallest absolute Gasteiger partial charge is 0.437 e. The lowest BCUT2D eigenvalue weighted by atomic mass is 9.94. The third-order valence-electron chi connectivity index (χ3n) is 4.88. The number of carbonyl (C=O) groups excluding carboxylic acids is 1. The van der Waals surface area contributed by atoms with E-state index in [1.165, 1.54) is 31.4 Å². The van der Waals surface area contributed by atoms with Gasteiger partial charge >= 0.3 is 11.8 Å². The Morgan fingerprint density at radius 2 is 1.59 bits per heavy atom. The first-order valence-corrected chi connectivity index (χ1v) is 9.00. The Balaban J connectivity index is 2.33. The van der Waals surface area contributed by atoms with Crippen molar-refractivity contribution in [3.63, 3.8) is 0 Å². The molecule has 1 aromatic heterocycles. The predicted molar refractivity (Wildman–Crippen MR) is 108 cm³/mol. The quantitative estimate of drug-likeness (QED) is 0.548. The first-order valence-electron chi connectivity index (χ1n) is 9.00. The molecular weight excluding hydrogens is 375 g/mol. The summed E-state index contributed by atoms with van der Waals surface area (Å²) in [4.78, 5) is 24.9. The van der Waals surface area contributed by atoms with Crippen LogP contribution in [0.1, 0.15) is 22.3 Å². The molecule has 0 atom stereocenters. The van der Waals surface area contributed by atoms with Crippen LogP contribution in [-0.2, 0) is 4.74 Å². The third-order valence-corrected chi connectivity index (χ3v) is 4.88. The fourth-order valence-electron chi connectivity index (χ4n) is 3.19. The summed E-state index contributed by atoms with van der Waals surface area (Å²) in [5.74, 6) is -0.167. The van der Waals surface area contributed by atoms with Gasteiger partial charge in [0.25, 0.3) is 0 Å². The van der Waals surface area contributed by atoms with E-state index in [2.05, 4.69) is 4.74 Å². The molecule has 0 aliphatic rings. The zero-order valence-electron chi connectivity index (χ0n) is 16.9. The average Bonchev–Trinajstić information content (AvgIpc) is 2.68. The maximum atomic E-state index is 13.3. The molecule has 3 aromatic rings. The molecule has 0 spiro atoms. The molecule has 0 unspecified atom stereocenters. The van der Waals surface area contributed by atoms with Crippen molar-refractivity contribution in [1.29, 1.82) is 0 Å². The van der Waals surface area contributed by atoms with Gasteiger partial charge in [0.05, 0.1) is 7.11 Å². The highest BCUT2D eigenvalue weighted by Gasteiger charge is 2.24. The number of methoxy groups -OCH3 is 1. The molecule has 150 valence electrons. The van der Waals surface area contributed by atoms with Crippen molar-refractivity contribution >= 4 is 6.16 Å². The summed E-state index contributed by atoms with van der Waals surface area (Å²) in [7, 11) is 1.19. The highest BCUT2D eigenvalue weighted by molar-refractivity contribution is 5.80. The fourth-order valence-corrected chi connectivity index (χ4v) is 3.19. The maximum absolute atomic E-state index is 13.3. The molecule has 0 bridgehead atoms. The van der Waals surface area contributed by atoms with E-state index < -0.39 is 17.6 Å². The molecule has 0 saturated heterocycles. The summed E-state index contributed by atoms with van der Waals surface area (Å²) in [6.45, 7) is 7.44. The first-order chi connectivity index (χ1) is 13.7. The van der Waals surface area contributed by atoms with E-state index in [0.29, 0.717) is 16.7 Å². The predicted octanol–water partition coefficient (Wildman–Crippen LogP) is 5.49. The van der Waals surface area contributed by atoms with E-state index in [9.17, 15) is 14.0 Å². The van der Waals surface area contributed by atoms with Crippen LogP contribution in [0.2, 0.25) is 0 Å². The molecule has 0 radical (unpaired) electrons. The number of rotatable bonds is 3. The summed E-state index contributed by atoms with van der Waals surface area (Å²) in [6.07, 6.45) is -0.952. The van der Waals surface area contributed by atoms with Gasteiger partial charge in [0.1, 0.15) is 17.1 Å². The zero-order valence-corrected chi connectivity index (χ0v) is 16.9. The van der Waals surface area contributed by atoms with Gasteiger partial charge in [-0.2, -0.15) is 0 Å². The molecule has 6 heteroatoms. The molecule has 0 aliphatic heterocycles. The lowest BCUT2D eigenvalue weighted by Crippen LogP contribution is -2.15. The second-order valence-electron chi connectivity index (χ2n) is 6.86. The van der Waals surface area contributed by atoms with Gasteiger partial charge in [-0.05, 0) is 74.2 Å². The Morgan fingerprint density at radius 3 is 2.21 bits per heavy atom. The molecule has 0 saturated carbocycles. The number of aryl methyl sites for hydroxylation is 3. The second kappa shape index (κ2) is 7.91. The minimum Gasteiger partial charge on any atom is -0.437 e. The van der Waals surface area contributed by atoms with Crippen LogP contribution in [0.3, 0.4) is 0 Å². The Morgan fingerprint density at radius 1 is 0.966 bits per heavy atom. The van der Waals surface area contributed by atoms with Crippen molar-refractivity contribution in [2.75, 3.05) is 7.11 Å². The SMILES string of the molecule is COC(=O)Oc1c(C)c(-c2ccc(F)cc2)oc(=O)c1-c1cc(C)c(C)cc1C. The number of hydrogen-bond acceptors (Lipinski definition) is 5. The molecule has 2 aromatic carbocycles. The number of carbonyl (C=O) groups is 1. The Hall–Kier alpha value is -3.41. The Kier molecular flexibility index (Phi) is 5.55. The van der Waals surface area contributed by atoms with Crippen LogP contribution in [0.25, 0.3) is 22.5 Å². The highest BCUT2D eigenvalue weighted by Crippen LogP contribution is 2.38. The van der Waals surface area contributed by atoms with Gasteiger partial charge in [0.15, 0.2) is 5.75 Å². The molecule has 29 heavy (non-hydrogen) atoms. The van der Waals surface area contributed by atoms with Crippen LogP contribution in [-0.4, -0.2) is 13.3 Å². The van der Waals surface area contributed by atoms with Crippen LogP contribution in [0.5, 0.6) is 5.75 Å². The van der Waals surface area contributed by atoms with Crippen LogP contribution < -0.4 is 10.4 Å². The van der Waals surface area contributed by atoms with Gasteiger partial charge in [-0.15, -0.1) is 0 Å². The molecule has 0 N–H and O–H groups in total. The van der Waals surface area contributed by atoms with Crippen LogP contribution >= 0.6 is 0 Å². The summed E-state index contributed by atoms with van der Waals surface area (Å²) in [6, 6.07) is 9.31. The minimum absolute atomic E-state index is 0.0544. The number of benzene rings is 2. The van der Waals surface area contributed by atoms with Crippen molar-refractivity contribution in [2.45, 2.75) is 27.7 Å². The van der Waals surface area contributed by atoms with E-state index in [4.69, 9.17) is 9.15 Å². The topological polar surface area (TPSA) is 65.7 Å². The van der Waals surface area contributed by atoms with E-state index in [0.717, 1.165) is 16.7 Å². The highest BCUT2D eigenvalue weighted by atomic mass is 19.1. The van der Waals surface area contributed by atoms with Crippen molar-refractivity contribution < 1.29 is 23.1 Å². The molecule has 3 rings (SSSR count). The molecule has 0 amide bonds. The standard InChI is InChI=1S/C23H21FO5/c1-12-10-14(3)18(11-13(12)2)19-21(29-23(26)27-5)15(4)20(28-22(19)25)16-6-8-17(24)9-7-16/h6-11H,1-5H3. The van der Waals surface area contributed by atoms with Crippen molar-refractivity contribution in [3.8, 4) is 28.2 Å². The minimum atomic E-state index is -0.952. The van der Waals surface area contributed by atoms with Gasteiger partial charge in [-0.3, -0.25) is 0 Å². The van der Waals surface area contributed by atoms with E-state index in [-0.39, 0.29) is 17.1 Å². The molecule has 0 aliphatic carbocycles. The lowest BCUT2D eigenvalue weighted by molar-refractivity contribution is 0.121. The number of ether oxygens (including phenoxy) is 2. The van der Waals surface area contributed by atoms with Gasteiger partial charge in [-0.1, -0.05) is 12.1 Å².